The fourth-order valence-electron chi connectivity index (χ4n) is 3.21. The number of aryl methyl sites for hydroxylation is 1. The highest BCUT2D eigenvalue weighted by Crippen LogP contribution is 2.37. The van der Waals surface area contributed by atoms with Crippen molar-refractivity contribution in [2.45, 2.75) is 19.9 Å². The minimum Gasteiger partial charge on any atom is -0.487 e. The van der Waals surface area contributed by atoms with Crippen LogP contribution in [0.1, 0.15) is 24.1 Å². The number of rotatable bonds is 6. The summed E-state index contributed by atoms with van der Waals surface area (Å²) >= 11 is 12.6. The van der Waals surface area contributed by atoms with Crippen LogP contribution in [0.2, 0.25) is 10.0 Å². The third-order valence-corrected chi connectivity index (χ3v) is 5.56. The number of nitrogens with one attached hydrogen (secondary N) is 1. The van der Waals surface area contributed by atoms with Crippen molar-refractivity contribution in [2.75, 3.05) is 20.3 Å². The Bertz CT molecular complexity index is 1010. The summed E-state index contributed by atoms with van der Waals surface area (Å²) in [6, 6.07) is 11.3. The molecule has 2 amide bonds. The summed E-state index contributed by atoms with van der Waals surface area (Å²) in [5.41, 5.74) is 2.17. The minimum atomic E-state index is -0.824. The molecule has 1 heterocycles. The maximum atomic E-state index is 12.9. The summed E-state index contributed by atoms with van der Waals surface area (Å²) < 4.78 is 11.2. The van der Waals surface area contributed by atoms with Gasteiger partial charge in [0.05, 0.1) is 34.0 Å². The maximum absolute atomic E-state index is 12.9. The quantitative estimate of drug-likeness (QED) is 0.638. The van der Waals surface area contributed by atoms with Crippen molar-refractivity contribution in [2.24, 2.45) is 0 Å². The molecule has 6 nitrogen and oxygen atoms in total. The van der Waals surface area contributed by atoms with Crippen LogP contribution in [0, 0.1) is 6.92 Å². The molecular formula is C22H22Cl2N2O4. The molecule has 0 radical (unpaired) electrons. The highest BCUT2D eigenvalue weighted by atomic mass is 35.5. The van der Waals surface area contributed by atoms with Gasteiger partial charge in [0.15, 0.2) is 0 Å². The first-order valence-corrected chi connectivity index (χ1v) is 10.2. The Labute approximate surface area is 185 Å². The van der Waals surface area contributed by atoms with Crippen molar-refractivity contribution < 1.29 is 19.1 Å². The fraction of sp³-hybridized carbons (Fsp3) is 0.273. The minimum absolute atomic E-state index is 0.00376. The van der Waals surface area contributed by atoms with Gasteiger partial charge in [-0.25, -0.2) is 9.59 Å². The van der Waals surface area contributed by atoms with Crippen LogP contribution in [0.25, 0.3) is 0 Å². The molecule has 1 N–H and O–H groups in total. The fourth-order valence-corrected chi connectivity index (χ4v) is 3.63. The number of hydrogen-bond donors (Lipinski definition) is 1. The molecule has 0 bridgehead atoms. The Morgan fingerprint density at radius 3 is 2.63 bits per heavy atom. The molecule has 2 aromatic carbocycles. The lowest BCUT2D eigenvalue weighted by atomic mass is 9.94. The molecule has 1 unspecified atom stereocenters. The van der Waals surface area contributed by atoms with Gasteiger partial charge in [-0.15, -0.1) is 0 Å². The number of amides is 2. The molecule has 2 aromatic rings. The van der Waals surface area contributed by atoms with E-state index in [0.29, 0.717) is 22.0 Å². The molecule has 0 spiro atoms. The van der Waals surface area contributed by atoms with Gasteiger partial charge in [0, 0.05) is 7.05 Å². The molecule has 158 valence electrons. The van der Waals surface area contributed by atoms with Crippen molar-refractivity contribution in [1.82, 2.24) is 10.2 Å². The highest BCUT2D eigenvalue weighted by molar-refractivity contribution is 6.42. The van der Waals surface area contributed by atoms with Crippen LogP contribution < -0.4 is 10.1 Å². The van der Waals surface area contributed by atoms with Crippen LogP contribution in [-0.2, 0) is 9.53 Å². The SMILES string of the molecule is CCOC(=O)C1=C(COc2cccc(C)c2)N(C)C(=O)NC1c1cccc(Cl)c1Cl. The third-order valence-electron chi connectivity index (χ3n) is 4.73. The lowest BCUT2D eigenvalue weighted by Gasteiger charge is -2.34. The average molecular weight is 449 g/mol. The predicted molar refractivity (Wildman–Crippen MR) is 116 cm³/mol. The van der Waals surface area contributed by atoms with Crippen LogP contribution in [0.4, 0.5) is 4.79 Å². The Kier molecular flexibility index (Phi) is 6.90. The summed E-state index contributed by atoms with van der Waals surface area (Å²) in [5, 5.41) is 3.39. The molecule has 8 heteroatoms. The van der Waals surface area contributed by atoms with Gasteiger partial charge in [0.25, 0.3) is 0 Å². The van der Waals surface area contributed by atoms with Crippen LogP contribution in [-0.4, -0.2) is 37.2 Å². The van der Waals surface area contributed by atoms with Gasteiger partial charge in [0.1, 0.15) is 12.4 Å². The second-order valence-electron chi connectivity index (χ2n) is 6.77. The molecule has 1 atom stereocenters. The van der Waals surface area contributed by atoms with Crippen molar-refractivity contribution >= 4 is 35.2 Å². The van der Waals surface area contributed by atoms with E-state index in [1.54, 1.807) is 32.2 Å². The lowest BCUT2D eigenvalue weighted by Crippen LogP contribution is -2.48. The number of hydrogen-bond acceptors (Lipinski definition) is 4. The number of likely N-dealkylation sites (N-methyl/N-ethyl adjacent to an activating group) is 1. The molecule has 1 aliphatic heterocycles. The van der Waals surface area contributed by atoms with Crippen LogP contribution in [0.5, 0.6) is 5.75 Å². The molecule has 0 aliphatic carbocycles. The Hall–Kier alpha value is -2.70. The second-order valence-corrected chi connectivity index (χ2v) is 7.56. The number of ether oxygens (including phenoxy) is 2. The second kappa shape index (κ2) is 9.41. The number of urea groups is 1. The van der Waals surface area contributed by atoms with Gasteiger partial charge in [-0.05, 0) is 43.2 Å². The maximum Gasteiger partial charge on any atom is 0.338 e. The number of carbonyl (C=O) groups excluding carboxylic acids is 2. The van der Waals surface area contributed by atoms with Gasteiger partial charge >= 0.3 is 12.0 Å². The first kappa shape index (κ1) is 22.0. The standard InChI is InChI=1S/C22H22Cl2N2O4/c1-4-29-21(27)18-17(12-30-14-8-5-7-13(2)11-14)26(3)22(28)25-20(18)15-9-6-10-16(23)19(15)24/h5-11,20H,4,12H2,1-3H3,(H,25,28). The largest absolute Gasteiger partial charge is 0.487 e. The third kappa shape index (κ3) is 4.55. The smallest absolute Gasteiger partial charge is 0.338 e. The summed E-state index contributed by atoms with van der Waals surface area (Å²) in [5.74, 6) is 0.0654. The Morgan fingerprint density at radius 1 is 1.20 bits per heavy atom. The molecule has 0 aromatic heterocycles. The van der Waals surface area contributed by atoms with Crippen LogP contribution in [0.3, 0.4) is 0 Å². The number of carbonyl (C=O) groups is 2. The molecule has 30 heavy (non-hydrogen) atoms. The van der Waals surface area contributed by atoms with Gasteiger partial charge in [-0.1, -0.05) is 47.5 Å². The first-order valence-electron chi connectivity index (χ1n) is 9.41. The topological polar surface area (TPSA) is 67.9 Å². The van der Waals surface area contributed by atoms with Crippen LogP contribution in [0.15, 0.2) is 53.7 Å². The number of halogens is 2. The summed E-state index contributed by atoms with van der Waals surface area (Å²) in [6.07, 6.45) is 0. The Morgan fingerprint density at radius 2 is 1.93 bits per heavy atom. The van der Waals surface area contributed by atoms with E-state index in [1.807, 2.05) is 31.2 Å². The first-order chi connectivity index (χ1) is 14.3. The van der Waals surface area contributed by atoms with E-state index < -0.39 is 18.0 Å². The van der Waals surface area contributed by atoms with Gasteiger partial charge in [-0.2, -0.15) is 0 Å². The van der Waals surface area contributed by atoms with Crippen molar-refractivity contribution in [1.29, 1.82) is 0 Å². The zero-order valence-corrected chi connectivity index (χ0v) is 18.4. The summed E-state index contributed by atoms with van der Waals surface area (Å²) in [7, 11) is 1.57. The van der Waals surface area contributed by atoms with E-state index in [1.165, 1.54) is 4.90 Å². The van der Waals surface area contributed by atoms with Gasteiger partial charge < -0.3 is 14.8 Å². The number of benzene rings is 2. The van der Waals surface area contributed by atoms with E-state index in [9.17, 15) is 9.59 Å². The summed E-state index contributed by atoms with van der Waals surface area (Å²) in [6.45, 7) is 3.85. The van der Waals surface area contributed by atoms with E-state index in [-0.39, 0.29) is 23.8 Å². The molecule has 0 fully saturated rings. The van der Waals surface area contributed by atoms with Crippen molar-refractivity contribution in [3.05, 3.63) is 74.9 Å². The lowest BCUT2D eigenvalue weighted by molar-refractivity contribution is -0.139. The zero-order valence-electron chi connectivity index (χ0n) is 16.9. The van der Waals surface area contributed by atoms with Crippen molar-refractivity contribution in [3.63, 3.8) is 0 Å². The normalized spacial score (nSPS) is 16.4. The van der Waals surface area contributed by atoms with E-state index in [4.69, 9.17) is 32.7 Å². The monoisotopic (exact) mass is 448 g/mol. The molecule has 3 rings (SSSR count). The number of esters is 1. The van der Waals surface area contributed by atoms with Crippen molar-refractivity contribution in [3.8, 4) is 5.75 Å². The molecular weight excluding hydrogens is 427 g/mol. The Balaban J connectivity index is 2.08. The van der Waals surface area contributed by atoms with Crippen LogP contribution >= 0.6 is 23.2 Å². The molecule has 0 saturated carbocycles. The highest BCUT2D eigenvalue weighted by Gasteiger charge is 2.38. The average Bonchev–Trinajstić information content (AvgIpc) is 2.71. The predicted octanol–water partition coefficient (Wildman–Crippen LogP) is 4.89. The summed E-state index contributed by atoms with van der Waals surface area (Å²) in [4.78, 5) is 26.9. The van der Waals surface area contributed by atoms with E-state index in [2.05, 4.69) is 5.32 Å². The number of nitrogens with zero attached hydrogens (tertiary/aromatic N) is 1. The molecule has 1 aliphatic rings. The van der Waals surface area contributed by atoms with Gasteiger partial charge in [0.2, 0.25) is 0 Å². The van der Waals surface area contributed by atoms with E-state index in [0.717, 1.165) is 5.56 Å². The van der Waals surface area contributed by atoms with E-state index >= 15 is 0 Å². The molecule has 0 saturated heterocycles. The zero-order chi connectivity index (χ0) is 21.8. The van der Waals surface area contributed by atoms with Gasteiger partial charge in [-0.3, -0.25) is 4.90 Å².